The number of ether oxygens (including phenoxy) is 2. The first kappa shape index (κ1) is 14.1. The van der Waals surface area contributed by atoms with Gasteiger partial charge in [-0.1, -0.05) is 12.6 Å². The molecule has 0 fully saturated rings. The van der Waals surface area contributed by atoms with E-state index in [1.54, 1.807) is 13.0 Å². The molecular weight excluding hydrogens is 258 g/mol. The highest BCUT2D eigenvalue weighted by Gasteiger charge is 2.15. The molecule has 2 rings (SSSR count). The molecule has 0 bridgehead atoms. The molecule has 1 aromatic carbocycles. The Morgan fingerprint density at radius 1 is 1.40 bits per heavy atom. The zero-order valence-corrected chi connectivity index (χ0v) is 11.4. The fraction of sp³-hybridized carbons (Fsp3) is 0.333. The first-order valence-corrected chi connectivity index (χ1v) is 6.50. The van der Waals surface area contributed by atoms with E-state index in [2.05, 4.69) is 11.9 Å². The molecule has 1 N–H and O–H groups in total. The SMILES string of the molecule is C=C(COc1ccc2c(c1)NC(=O)CC2)C(=O)OCC. The van der Waals surface area contributed by atoms with Crippen molar-refractivity contribution in [3.05, 3.63) is 35.9 Å². The van der Waals surface area contributed by atoms with Crippen molar-refractivity contribution in [1.82, 2.24) is 0 Å². The summed E-state index contributed by atoms with van der Waals surface area (Å²) in [6.07, 6.45) is 1.24. The van der Waals surface area contributed by atoms with Gasteiger partial charge in [0, 0.05) is 18.2 Å². The Bertz CT molecular complexity index is 551. The first-order chi connectivity index (χ1) is 9.60. The maximum absolute atomic E-state index is 11.4. The molecule has 5 nitrogen and oxygen atoms in total. The molecule has 1 aliphatic rings. The van der Waals surface area contributed by atoms with Crippen molar-refractivity contribution in [3.63, 3.8) is 0 Å². The summed E-state index contributed by atoms with van der Waals surface area (Å²) < 4.78 is 10.3. The number of aryl methyl sites for hydroxylation is 1. The van der Waals surface area contributed by atoms with Crippen molar-refractivity contribution in [1.29, 1.82) is 0 Å². The van der Waals surface area contributed by atoms with Gasteiger partial charge in [-0.2, -0.15) is 0 Å². The molecule has 0 spiro atoms. The Morgan fingerprint density at radius 2 is 2.20 bits per heavy atom. The number of nitrogens with one attached hydrogen (secondary N) is 1. The van der Waals surface area contributed by atoms with Crippen LogP contribution in [-0.4, -0.2) is 25.1 Å². The monoisotopic (exact) mass is 275 g/mol. The summed E-state index contributed by atoms with van der Waals surface area (Å²) in [4.78, 5) is 22.7. The molecule has 0 aliphatic carbocycles. The summed E-state index contributed by atoms with van der Waals surface area (Å²) in [5.74, 6) is 0.126. The second-order valence-electron chi connectivity index (χ2n) is 4.48. The van der Waals surface area contributed by atoms with Crippen LogP contribution in [0.1, 0.15) is 18.9 Å². The van der Waals surface area contributed by atoms with E-state index in [-0.39, 0.29) is 18.1 Å². The third-order valence-electron chi connectivity index (χ3n) is 2.95. The number of esters is 1. The summed E-state index contributed by atoms with van der Waals surface area (Å²) in [5, 5.41) is 2.80. The highest BCUT2D eigenvalue weighted by molar-refractivity contribution is 5.94. The molecule has 0 radical (unpaired) electrons. The number of carbonyl (C=O) groups is 2. The third kappa shape index (κ3) is 3.38. The molecule has 0 unspecified atom stereocenters. The van der Waals surface area contributed by atoms with Crippen LogP contribution < -0.4 is 10.1 Å². The lowest BCUT2D eigenvalue weighted by atomic mass is 10.0. The number of hydrogen-bond acceptors (Lipinski definition) is 4. The summed E-state index contributed by atoms with van der Waals surface area (Å²) in [6, 6.07) is 5.48. The quantitative estimate of drug-likeness (QED) is 0.660. The van der Waals surface area contributed by atoms with E-state index >= 15 is 0 Å². The molecule has 1 aromatic rings. The van der Waals surface area contributed by atoms with Crippen molar-refractivity contribution in [2.45, 2.75) is 19.8 Å². The van der Waals surface area contributed by atoms with Gasteiger partial charge in [-0.25, -0.2) is 4.79 Å². The average molecular weight is 275 g/mol. The minimum Gasteiger partial charge on any atom is -0.489 e. The van der Waals surface area contributed by atoms with Gasteiger partial charge in [0.2, 0.25) is 5.91 Å². The Kier molecular flexibility index (Phi) is 4.40. The predicted octanol–water partition coefficient (Wildman–Crippen LogP) is 2.07. The van der Waals surface area contributed by atoms with E-state index in [4.69, 9.17) is 9.47 Å². The van der Waals surface area contributed by atoms with Crippen LogP contribution in [0.5, 0.6) is 5.75 Å². The van der Waals surface area contributed by atoms with Gasteiger partial charge in [0.25, 0.3) is 0 Å². The largest absolute Gasteiger partial charge is 0.489 e. The summed E-state index contributed by atoms with van der Waals surface area (Å²) >= 11 is 0. The maximum Gasteiger partial charge on any atom is 0.336 e. The number of amides is 1. The van der Waals surface area contributed by atoms with Crippen molar-refractivity contribution < 1.29 is 19.1 Å². The second kappa shape index (κ2) is 6.23. The average Bonchev–Trinajstić information content (AvgIpc) is 2.44. The van der Waals surface area contributed by atoms with Crippen LogP contribution in [0.2, 0.25) is 0 Å². The third-order valence-corrected chi connectivity index (χ3v) is 2.95. The highest BCUT2D eigenvalue weighted by Crippen LogP contribution is 2.27. The molecule has 0 atom stereocenters. The van der Waals surface area contributed by atoms with Crippen molar-refractivity contribution in [2.75, 3.05) is 18.5 Å². The van der Waals surface area contributed by atoms with Crippen molar-refractivity contribution in [3.8, 4) is 5.75 Å². The van der Waals surface area contributed by atoms with Crippen molar-refractivity contribution >= 4 is 17.6 Å². The lowest BCUT2D eigenvalue weighted by Crippen LogP contribution is -2.19. The number of fused-ring (bicyclic) bond motifs is 1. The fourth-order valence-corrected chi connectivity index (χ4v) is 1.90. The summed E-state index contributed by atoms with van der Waals surface area (Å²) in [5.41, 5.74) is 2.11. The van der Waals surface area contributed by atoms with E-state index in [0.29, 0.717) is 18.8 Å². The second-order valence-corrected chi connectivity index (χ2v) is 4.48. The standard InChI is InChI=1S/C15H17NO4/c1-3-19-15(18)10(2)9-20-12-6-4-11-5-7-14(17)16-13(11)8-12/h4,6,8H,2-3,5,7,9H2,1H3,(H,16,17). The van der Waals surface area contributed by atoms with Gasteiger partial charge in [0.15, 0.2) is 0 Å². The van der Waals surface area contributed by atoms with Crippen LogP contribution in [-0.2, 0) is 20.7 Å². The predicted molar refractivity (Wildman–Crippen MR) is 74.7 cm³/mol. The molecule has 106 valence electrons. The van der Waals surface area contributed by atoms with Gasteiger partial charge >= 0.3 is 5.97 Å². The zero-order chi connectivity index (χ0) is 14.5. The van der Waals surface area contributed by atoms with Gasteiger partial charge in [-0.15, -0.1) is 0 Å². The van der Waals surface area contributed by atoms with E-state index in [9.17, 15) is 9.59 Å². The first-order valence-electron chi connectivity index (χ1n) is 6.50. The summed E-state index contributed by atoms with van der Waals surface area (Å²) in [6.45, 7) is 5.72. The van der Waals surface area contributed by atoms with Gasteiger partial charge in [0.1, 0.15) is 12.4 Å². The maximum atomic E-state index is 11.4. The number of rotatable bonds is 5. The van der Waals surface area contributed by atoms with Crippen LogP contribution in [0.15, 0.2) is 30.4 Å². The minimum atomic E-state index is -0.459. The highest BCUT2D eigenvalue weighted by atomic mass is 16.5. The Morgan fingerprint density at radius 3 is 2.95 bits per heavy atom. The lowest BCUT2D eigenvalue weighted by Gasteiger charge is -2.17. The minimum absolute atomic E-state index is 0.00517. The molecule has 1 aliphatic heterocycles. The van der Waals surface area contributed by atoms with Crippen LogP contribution in [0, 0.1) is 0 Å². The van der Waals surface area contributed by atoms with Gasteiger partial charge in [0.05, 0.1) is 12.2 Å². The Balaban J connectivity index is 1.97. The van der Waals surface area contributed by atoms with Crippen LogP contribution in [0.4, 0.5) is 5.69 Å². The number of carbonyl (C=O) groups excluding carboxylic acids is 2. The molecule has 1 amide bonds. The van der Waals surface area contributed by atoms with Crippen molar-refractivity contribution in [2.24, 2.45) is 0 Å². The summed E-state index contributed by atoms with van der Waals surface area (Å²) in [7, 11) is 0. The number of benzene rings is 1. The topological polar surface area (TPSA) is 64.6 Å². The molecule has 5 heteroatoms. The van der Waals surface area contributed by atoms with Gasteiger partial charge in [-0.3, -0.25) is 4.79 Å². The Labute approximate surface area is 117 Å². The number of hydrogen-bond donors (Lipinski definition) is 1. The lowest BCUT2D eigenvalue weighted by molar-refractivity contribution is -0.138. The molecular formula is C15H17NO4. The van der Waals surface area contributed by atoms with E-state index < -0.39 is 5.97 Å². The Hall–Kier alpha value is -2.30. The van der Waals surface area contributed by atoms with Crippen LogP contribution in [0.25, 0.3) is 0 Å². The zero-order valence-electron chi connectivity index (χ0n) is 11.4. The molecule has 1 heterocycles. The smallest absolute Gasteiger partial charge is 0.336 e. The van der Waals surface area contributed by atoms with E-state index in [0.717, 1.165) is 17.7 Å². The molecule has 0 saturated heterocycles. The molecule has 0 aromatic heterocycles. The van der Waals surface area contributed by atoms with Gasteiger partial charge < -0.3 is 14.8 Å². The molecule has 20 heavy (non-hydrogen) atoms. The van der Waals surface area contributed by atoms with Crippen LogP contribution >= 0.6 is 0 Å². The van der Waals surface area contributed by atoms with E-state index in [1.165, 1.54) is 0 Å². The normalized spacial score (nSPS) is 13.2. The van der Waals surface area contributed by atoms with E-state index in [1.807, 2.05) is 12.1 Å². The fourth-order valence-electron chi connectivity index (χ4n) is 1.90. The van der Waals surface area contributed by atoms with Gasteiger partial charge in [-0.05, 0) is 25.0 Å². The van der Waals surface area contributed by atoms with Crippen LogP contribution in [0.3, 0.4) is 0 Å². The number of anilines is 1. The molecule has 0 saturated carbocycles.